The first kappa shape index (κ1) is 18.3. The highest BCUT2D eigenvalue weighted by Crippen LogP contribution is 2.17. The van der Waals surface area contributed by atoms with Crippen LogP contribution in [0.1, 0.15) is 38.8 Å². The van der Waals surface area contributed by atoms with Gasteiger partial charge in [-0.2, -0.15) is 0 Å². The number of carbonyl (C=O) groups is 3. The first-order valence-electron chi connectivity index (χ1n) is 7.63. The zero-order valence-corrected chi connectivity index (χ0v) is 14.2. The molecule has 0 aliphatic rings. The molecular formula is C19H18FNO4. The van der Waals surface area contributed by atoms with E-state index >= 15 is 0 Å². The number of amides is 1. The van der Waals surface area contributed by atoms with E-state index in [1.54, 1.807) is 19.1 Å². The van der Waals surface area contributed by atoms with Crippen LogP contribution in [-0.4, -0.2) is 24.3 Å². The molecule has 0 saturated carbocycles. The standard InChI is InChI=1S/C19H18FNO4/c1-11-5-4-6-15(12(11)2)19(24)25-10-18(23)16-8-7-14(9-17(16)20)21-13(3)22/h4-9H,10H2,1-3H3,(H,21,22). The molecule has 0 radical (unpaired) electrons. The molecule has 2 aromatic rings. The number of rotatable bonds is 5. The fourth-order valence-corrected chi connectivity index (χ4v) is 2.28. The summed E-state index contributed by atoms with van der Waals surface area (Å²) in [5, 5.41) is 2.42. The Morgan fingerprint density at radius 2 is 1.80 bits per heavy atom. The van der Waals surface area contributed by atoms with Crippen molar-refractivity contribution in [3.8, 4) is 0 Å². The average Bonchev–Trinajstić information content (AvgIpc) is 2.54. The molecule has 0 saturated heterocycles. The van der Waals surface area contributed by atoms with Gasteiger partial charge >= 0.3 is 5.97 Å². The maximum Gasteiger partial charge on any atom is 0.338 e. The molecule has 0 spiro atoms. The number of hydrogen-bond donors (Lipinski definition) is 1. The van der Waals surface area contributed by atoms with Crippen LogP contribution in [0.2, 0.25) is 0 Å². The van der Waals surface area contributed by atoms with Gasteiger partial charge in [-0.1, -0.05) is 12.1 Å². The van der Waals surface area contributed by atoms with Crippen LogP contribution in [0, 0.1) is 19.7 Å². The molecule has 130 valence electrons. The number of halogens is 1. The molecule has 1 amide bonds. The second kappa shape index (κ2) is 7.70. The molecule has 0 bridgehead atoms. The first-order valence-corrected chi connectivity index (χ1v) is 7.63. The van der Waals surface area contributed by atoms with Crippen molar-refractivity contribution in [3.63, 3.8) is 0 Å². The number of ether oxygens (including phenoxy) is 1. The van der Waals surface area contributed by atoms with Crippen molar-refractivity contribution in [2.24, 2.45) is 0 Å². The van der Waals surface area contributed by atoms with Crippen LogP contribution in [-0.2, 0) is 9.53 Å². The summed E-state index contributed by atoms with van der Waals surface area (Å²) < 4.78 is 19.0. The fourth-order valence-electron chi connectivity index (χ4n) is 2.28. The van der Waals surface area contributed by atoms with Crippen LogP contribution in [0.5, 0.6) is 0 Å². The lowest BCUT2D eigenvalue weighted by Crippen LogP contribution is -2.16. The molecule has 2 rings (SSSR count). The fraction of sp³-hybridized carbons (Fsp3) is 0.211. The van der Waals surface area contributed by atoms with Gasteiger partial charge in [0.05, 0.1) is 11.1 Å². The molecule has 5 nitrogen and oxygen atoms in total. The van der Waals surface area contributed by atoms with Gasteiger partial charge in [-0.05, 0) is 49.2 Å². The molecule has 0 heterocycles. The number of ketones is 1. The predicted octanol–water partition coefficient (Wildman–Crippen LogP) is 3.44. The molecule has 1 N–H and O–H groups in total. The molecule has 6 heteroatoms. The number of benzene rings is 2. The van der Waals surface area contributed by atoms with Gasteiger partial charge in [-0.3, -0.25) is 9.59 Å². The third-order valence-corrected chi connectivity index (χ3v) is 3.75. The first-order chi connectivity index (χ1) is 11.8. The SMILES string of the molecule is CC(=O)Nc1ccc(C(=O)COC(=O)c2cccc(C)c2C)c(F)c1. The van der Waals surface area contributed by atoms with Gasteiger partial charge in [0.15, 0.2) is 6.61 Å². The number of hydrogen-bond acceptors (Lipinski definition) is 4. The predicted molar refractivity (Wildman–Crippen MR) is 91.2 cm³/mol. The number of esters is 1. The summed E-state index contributed by atoms with van der Waals surface area (Å²) >= 11 is 0. The second-order valence-corrected chi connectivity index (χ2v) is 5.62. The summed E-state index contributed by atoms with van der Waals surface area (Å²) in [7, 11) is 0. The Kier molecular flexibility index (Phi) is 5.64. The van der Waals surface area contributed by atoms with E-state index in [9.17, 15) is 18.8 Å². The largest absolute Gasteiger partial charge is 0.454 e. The van der Waals surface area contributed by atoms with Crippen LogP contribution in [0.25, 0.3) is 0 Å². The molecular weight excluding hydrogens is 325 g/mol. The lowest BCUT2D eigenvalue weighted by atomic mass is 10.0. The third kappa shape index (κ3) is 4.50. The van der Waals surface area contributed by atoms with E-state index < -0.39 is 24.2 Å². The van der Waals surface area contributed by atoms with Crippen molar-refractivity contribution in [3.05, 3.63) is 64.5 Å². The average molecular weight is 343 g/mol. The summed E-state index contributed by atoms with van der Waals surface area (Å²) in [5.74, 6) is -2.43. The molecule has 0 aliphatic carbocycles. The smallest absolute Gasteiger partial charge is 0.338 e. The van der Waals surface area contributed by atoms with Gasteiger partial charge in [-0.15, -0.1) is 0 Å². The second-order valence-electron chi connectivity index (χ2n) is 5.62. The van der Waals surface area contributed by atoms with Crippen molar-refractivity contribution in [2.75, 3.05) is 11.9 Å². The van der Waals surface area contributed by atoms with Crippen LogP contribution in [0.15, 0.2) is 36.4 Å². The van der Waals surface area contributed by atoms with Crippen LogP contribution in [0.3, 0.4) is 0 Å². The summed E-state index contributed by atoms with van der Waals surface area (Å²) in [6, 6.07) is 8.89. The highest BCUT2D eigenvalue weighted by molar-refractivity contribution is 6.00. The van der Waals surface area contributed by atoms with Crippen molar-refractivity contribution in [1.29, 1.82) is 0 Å². The number of Topliss-reactive ketones (excluding diaryl/α,β-unsaturated/α-hetero) is 1. The zero-order valence-electron chi connectivity index (χ0n) is 14.2. The summed E-state index contributed by atoms with van der Waals surface area (Å²) in [6.45, 7) is 4.38. The quantitative estimate of drug-likeness (QED) is 0.667. The molecule has 25 heavy (non-hydrogen) atoms. The third-order valence-electron chi connectivity index (χ3n) is 3.75. The summed E-state index contributed by atoms with van der Waals surface area (Å²) in [6.07, 6.45) is 0. The monoisotopic (exact) mass is 343 g/mol. The van der Waals surface area contributed by atoms with E-state index in [2.05, 4.69) is 5.32 Å². The maximum atomic E-state index is 14.0. The molecule has 2 aromatic carbocycles. The van der Waals surface area contributed by atoms with E-state index in [1.165, 1.54) is 19.1 Å². The highest BCUT2D eigenvalue weighted by atomic mass is 19.1. The van der Waals surface area contributed by atoms with E-state index in [0.29, 0.717) is 5.56 Å². The number of anilines is 1. The lowest BCUT2D eigenvalue weighted by molar-refractivity contribution is -0.114. The van der Waals surface area contributed by atoms with Crippen LogP contribution in [0.4, 0.5) is 10.1 Å². The Balaban J connectivity index is 2.06. The van der Waals surface area contributed by atoms with Crippen molar-refractivity contribution in [1.82, 2.24) is 0 Å². The van der Waals surface area contributed by atoms with Gasteiger partial charge in [0.2, 0.25) is 11.7 Å². The summed E-state index contributed by atoms with van der Waals surface area (Å²) in [5.41, 5.74) is 2.11. The highest BCUT2D eigenvalue weighted by Gasteiger charge is 2.17. The molecule has 0 fully saturated rings. The van der Waals surface area contributed by atoms with Gasteiger partial charge in [0.25, 0.3) is 0 Å². The van der Waals surface area contributed by atoms with E-state index in [-0.39, 0.29) is 17.2 Å². The Morgan fingerprint density at radius 3 is 2.44 bits per heavy atom. The molecule has 0 aromatic heterocycles. The normalized spacial score (nSPS) is 10.2. The number of nitrogens with one attached hydrogen (secondary N) is 1. The Labute approximate surface area is 144 Å². The Morgan fingerprint density at radius 1 is 1.08 bits per heavy atom. The minimum atomic E-state index is -0.793. The number of aryl methyl sites for hydroxylation is 1. The van der Waals surface area contributed by atoms with Crippen LogP contribution >= 0.6 is 0 Å². The van der Waals surface area contributed by atoms with Crippen LogP contribution < -0.4 is 5.32 Å². The molecule has 0 aliphatic heterocycles. The van der Waals surface area contributed by atoms with Crippen molar-refractivity contribution in [2.45, 2.75) is 20.8 Å². The molecule has 0 atom stereocenters. The zero-order chi connectivity index (χ0) is 18.6. The summed E-state index contributed by atoms with van der Waals surface area (Å²) in [4.78, 5) is 35.1. The van der Waals surface area contributed by atoms with E-state index in [1.807, 2.05) is 13.0 Å². The number of carbonyl (C=O) groups excluding carboxylic acids is 3. The van der Waals surface area contributed by atoms with Crippen molar-refractivity contribution >= 4 is 23.3 Å². The van der Waals surface area contributed by atoms with E-state index in [0.717, 1.165) is 17.2 Å². The van der Waals surface area contributed by atoms with Gasteiger partial charge in [0, 0.05) is 12.6 Å². The Hall–Kier alpha value is -3.02. The van der Waals surface area contributed by atoms with Gasteiger partial charge in [0.1, 0.15) is 5.82 Å². The minimum Gasteiger partial charge on any atom is -0.454 e. The molecule has 0 unspecified atom stereocenters. The topological polar surface area (TPSA) is 72.5 Å². The van der Waals surface area contributed by atoms with Crippen molar-refractivity contribution < 1.29 is 23.5 Å². The van der Waals surface area contributed by atoms with Gasteiger partial charge < -0.3 is 10.1 Å². The Bertz CT molecular complexity index is 845. The maximum absolute atomic E-state index is 14.0. The lowest BCUT2D eigenvalue weighted by Gasteiger charge is -2.09. The van der Waals surface area contributed by atoms with E-state index in [4.69, 9.17) is 4.74 Å². The van der Waals surface area contributed by atoms with Gasteiger partial charge in [-0.25, -0.2) is 9.18 Å². The minimum absolute atomic E-state index is 0.206.